The number of benzene rings is 2. The first-order valence-corrected chi connectivity index (χ1v) is 8.37. The van der Waals surface area contributed by atoms with Gasteiger partial charge in [0.1, 0.15) is 10.7 Å². The number of fused-ring (bicyclic) bond motifs is 1. The maximum absolute atomic E-state index is 13.7. The van der Waals surface area contributed by atoms with Crippen LogP contribution >= 0.6 is 0 Å². The predicted molar refractivity (Wildman–Crippen MR) is 77.1 cm³/mol. The summed E-state index contributed by atoms with van der Waals surface area (Å²) in [5.41, 5.74) is 2.86. The van der Waals surface area contributed by atoms with Crippen LogP contribution in [0.4, 0.5) is 4.39 Å². The van der Waals surface area contributed by atoms with E-state index in [0.717, 1.165) is 18.1 Å². The highest BCUT2D eigenvalue weighted by Gasteiger charge is 2.20. The molecule has 3 rings (SSSR count). The summed E-state index contributed by atoms with van der Waals surface area (Å²) in [6.45, 7) is 1.20. The monoisotopic (exact) mass is 306 g/mol. The van der Waals surface area contributed by atoms with Crippen LogP contribution in [0.2, 0.25) is 0 Å². The molecular formula is C16H15FO3S. The maximum atomic E-state index is 13.7. The van der Waals surface area contributed by atoms with E-state index in [1.54, 1.807) is 6.07 Å². The lowest BCUT2D eigenvalue weighted by atomic mass is 10.0. The van der Waals surface area contributed by atoms with Crippen molar-refractivity contribution in [2.24, 2.45) is 0 Å². The van der Waals surface area contributed by atoms with Crippen LogP contribution < -0.4 is 0 Å². The van der Waals surface area contributed by atoms with Gasteiger partial charge in [0.2, 0.25) is 0 Å². The molecule has 0 saturated carbocycles. The van der Waals surface area contributed by atoms with E-state index in [0.29, 0.717) is 18.8 Å². The van der Waals surface area contributed by atoms with Crippen molar-refractivity contribution in [3.05, 3.63) is 65.0 Å². The van der Waals surface area contributed by atoms with Crippen molar-refractivity contribution < 1.29 is 17.5 Å². The molecule has 0 N–H and O–H groups in total. The van der Waals surface area contributed by atoms with Crippen LogP contribution in [-0.4, -0.2) is 15.0 Å². The second-order valence-corrected chi connectivity index (χ2v) is 7.05. The number of rotatable bonds is 3. The number of hydrogen-bond donors (Lipinski definition) is 0. The van der Waals surface area contributed by atoms with Crippen molar-refractivity contribution in [1.29, 1.82) is 0 Å². The molecule has 21 heavy (non-hydrogen) atoms. The molecule has 0 aromatic heterocycles. The number of ether oxygens (including phenoxy) is 1. The average molecular weight is 306 g/mol. The number of hydrogen-bond acceptors (Lipinski definition) is 3. The third-order valence-electron chi connectivity index (χ3n) is 3.57. The number of sulfone groups is 1. The van der Waals surface area contributed by atoms with E-state index in [1.807, 2.05) is 12.1 Å². The van der Waals surface area contributed by atoms with Crippen molar-refractivity contribution in [3.63, 3.8) is 0 Å². The molecule has 0 aliphatic carbocycles. The Kier molecular flexibility index (Phi) is 3.78. The Balaban J connectivity index is 1.91. The van der Waals surface area contributed by atoms with Crippen LogP contribution in [0.1, 0.15) is 16.7 Å². The van der Waals surface area contributed by atoms with Gasteiger partial charge in [0.25, 0.3) is 0 Å². The molecule has 0 saturated heterocycles. The fourth-order valence-electron chi connectivity index (χ4n) is 2.51. The molecule has 0 atom stereocenters. The largest absolute Gasteiger partial charge is 0.376 e. The van der Waals surface area contributed by atoms with Crippen LogP contribution in [0.15, 0.2) is 47.4 Å². The Morgan fingerprint density at radius 3 is 2.71 bits per heavy atom. The van der Waals surface area contributed by atoms with Crippen LogP contribution in [-0.2, 0) is 33.4 Å². The average Bonchev–Trinajstić information content (AvgIpc) is 2.47. The first kappa shape index (κ1) is 14.2. The van der Waals surface area contributed by atoms with Crippen LogP contribution in [0.25, 0.3) is 0 Å². The summed E-state index contributed by atoms with van der Waals surface area (Å²) < 4.78 is 43.7. The lowest BCUT2D eigenvalue weighted by Gasteiger charge is -2.17. The molecule has 1 aliphatic heterocycles. The summed E-state index contributed by atoms with van der Waals surface area (Å²) in [7, 11) is -3.69. The van der Waals surface area contributed by atoms with Gasteiger partial charge in [-0.15, -0.1) is 0 Å². The molecule has 2 aromatic rings. The SMILES string of the molecule is O=S(=O)(Cc1ccc2c(c1)COCC2)c1ccccc1F. The minimum Gasteiger partial charge on any atom is -0.376 e. The van der Waals surface area contributed by atoms with Crippen molar-refractivity contribution in [2.45, 2.75) is 23.7 Å². The van der Waals surface area contributed by atoms with Gasteiger partial charge in [-0.2, -0.15) is 0 Å². The summed E-state index contributed by atoms with van der Waals surface area (Å²) in [5.74, 6) is -0.917. The minimum atomic E-state index is -3.69. The molecule has 1 heterocycles. The third-order valence-corrected chi connectivity index (χ3v) is 5.29. The molecule has 0 unspecified atom stereocenters. The second-order valence-electron chi connectivity index (χ2n) is 5.10. The lowest BCUT2D eigenvalue weighted by Crippen LogP contribution is -2.12. The molecule has 1 aliphatic rings. The predicted octanol–water partition coefficient (Wildman–Crippen LogP) is 2.87. The van der Waals surface area contributed by atoms with Crippen LogP contribution in [0.5, 0.6) is 0 Å². The van der Waals surface area contributed by atoms with Gasteiger partial charge in [-0.3, -0.25) is 0 Å². The van der Waals surface area contributed by atoms with E-state index < -0.39 is 15.7 Å². The highest BCUT2D eigenvalue weighted by atomic mass is 32.2. The van der Waals surface area contributed by atoms with Crippen LogP contribution in [0, 0.1) is 5.82 Å². The second kappa shape index (κ2) is 5.58. The Morgan fingerprint density at radius 2 is 1.90 bits per heavy atom. The Labute approximate surface area is 123 Å². The summed E-state index contributed by atoms with van der Waals surface area (Å²) in [6, 6.07) is 11.0. The molecule has 110 valence electrons. The van der Waals surface area contributed by atoms with Gasteiger partial charge < -0.3 is 4.74 Å². The molecule has 5 heteroatoms. The highest BCUT2D eigenvalue weighted by molar-refractivity contribution is 7.90. The van der Waals surface area contributed by atoms with E-state index in [-0.39, 0.29) is 10.6 Å². The Bertz CT molecular complexity index is 769. The van der Waals surface area contributed by atoms with Crippen molar-refractivity contribution in [3.8, 4) is 0 Å². The van der Waals surface area contributed by atoms with E-state index in [4.69, 9.17) is 4.74 Å². The normalized spacial score (nSPS) is 14.7. The van der Waals surface area contributed by atoms with Crippen LogP contribution in [0.3, 0.4) is 0 Å². The van der Waals surface area contributed by atoms with Gasteiger partial charge >= 0.3 is 0 Å². The quantitative estimate of drug-likeness (QED) is 0.876. The molecule has 0 fully saturated rings. The number of halogens is 1. The van der Waals surface area contributed by atoms with Gasteiger partial charge in [0, 0.05) is 0 Å². The zero-order valence-electron chi connectivity index (χ0n) is 11.4. The zero-order chi connectivity index (χ0) is 14.9. The fourth-order valence-corrected chi connectivity index (χ4v) is 3.93. The van der Waals surface area contributed by atoms with Gasteiger partial charge in [-0.05, 0) is 35.2 Å². The zero-order valence-corrected chi connectivity index (χ0v) is 12.2. The molecule has 0 spiro atoms. The van der Waals surface area contributed by atoms with E-state index in [2.05, 4.69) is 0 Å². The summed E-state index contributed by atoms with van der Waals surface area (Å²) in [4.78, 5) is -0.251. The Morgan fingerprint density at radius 1 is 1.10 bits per heavy atom. The topological polar surface area (TPSA) is 43.4 Å². The van der Waals surface area contributed by atoms with E-state index in [1.165, 1.54) is 23.8 Å². The van der Waals surface area contributed by atoms with E-state index >= 15 is 0 Å². The molecule has 0 amide bonds. The van der Waals surface area contributed by atoms with Crippen molar-refractivity contribution >= 4 is 9.84 Å². The molecule has 0 radical (unpaired) electrons. The van der Waals surface area contributed by atoms with Crippen molar-refractivity contribution in [1.82, 2.24) is 0 Å². The lowest BCUT2D eigenvalue weighted by molar-refractivity contribution is 0.110. The summed E-state index contributed by atoms with van der Waals surface area (Å²) in [6.07, 6.45) is 0.843. The summed E-state index contributed by atoms with van der Waals surface area (Å²) in [5, 5.41) is 0. The molecule has 0 bridgehead atoms. The van der Waals surface area contributed by atoms with Gasteiger partial charge in [0.15, 0.2) is 9.84 Å². The third kappa shape index (κ3) is 2.99. The first-order valence-electron chi connectivity index (χ1n) is 6.72. The van der Waals surface area contributed by atoms with Gasteiger partial charge in [0.05, 0.1) is 19.0 Å². The Hall–Kier alpha value is -1.72. The molecule has 2 aromatic carbocycles. The standard InChI is InChI=1S/C16H15FO3S/c17-15-3-1-2-4-16(15)21(18,19)11-12-5-6-13-7-8-20-10-14(13)9-12/h1-6,9H,7-8,10-11H2. The molecule has 3 nitrogen and oxygen atoms in total. The van der Waals surface area contributed by atoms with Gasteiger partial charge in [-0.25, -0.2) is 12.8 Å². The fraction of sp³-hybridized carbons (Fsp3) is 0.250. The van der Waals surface area contributed by atoms with Crippen molar-refractivity contribution in [2.75, 3.05) is 6.61 Å². The first-order chi connectivity index (χ1) is 10.1. The minimum absolute atomic E-state index is 0.207. The van der Waals surface area contributed by atoms with E-state index in [9.17, 15) is 12.8 Å². The summed E-state index contributed by atoms with van der Waals surface area (Å²) >= 11 is 0. The maximum Gasteiger partial charge on any atom is 0.185 e. The molecular weight excluding hydrogens is 291 g/mol. The van der Waals surface area contributed by atoms with Gasteiger partial charge in [-0.1, -0.05) is 30.3 Å². The smallest absolute Gasteiger partial charge is 0.185 e. The highest BCUT2D eigenvalue weighted by Crippen LogP contribution is 2.23.